The molecule has 18 heavy (non-hydrogen) atoms. The summed E-state index contributed by atoms with van der Waals surface area (Å²) in [5.41, 5.74) is 6.59. The van der Waals surface area contributed by atoms with Gasteiger partial charge in [0.25, 0.3) is 0 Å². The van der Waals surface area contributed by atoms with Crippen LogP contribution in [0.4, 0.5) is 0 Å². The zero-order valence-corrected chi connectivity index (χ0v) is 10.7. The van der Waals surface area contributed by atoms with Crippen LogP contribution in [0.25, 0.3) is 0 Å². The van der Waals surface area contributed by atoms with Gasteiger partial charge in [0, 0.05) is 12.6 Å². The van der Waals surface area contributed by atoms with Gasteiger partial charge in [-0.3, -0.25) is 9.67 Å². The maximum Gasteiger partial charge on any atom is 0.165 e. The number of hydrogen-bond donors (Lipinski definition) is 1. The summed E-state index contributed by atoms with van der Waals surface area (Å²) >= 11 is 0. The molecule has 0 saturated carbocycles. The molecule has 5 nitrogen and oxygen atoms in total. The summed E-state index contributed by atoms with van der Waals surface area (Å²) in [5.74, 6) is 1.41. The zero-order valence-electron chi connectivity index (χ0n) is 10.7. The molecule has 0 spiro atoms. The Labute approximate surface area is 107 Å². The van der Waals surface area contributed by atoms with E-state index in [9.17, 15) is 0 Å². The van der Waals surface area contributed by atoms with E-state index < -0.39 is 0 Å². The highest BCUT2D eigenvalue weighted by molar-refractivity contribution is 5.27. The van der Waals surface area contributed by atoms with Crippen LogP contribution in [0, 0.1) is 0 Å². The lowest BCUT2D eigenvalue weighted by Crippen LogP contribution is -2.06. The van der Waals surface area contributed by atoms with E-state index in [2.05, 4.69) is 17.0 Å². The molecule has 0 unspecified atom stereocenters. The van der Waals surface area contributed by atoms with Gasteiger partial charge in [0.2, 0.25) is 0 Å². The van der Waals surface area contributed by atoms with Crippen molar-refractivity contribution in [2.24, 2.45) is 5.73 Å². The number of hydrogen-bond acceptors (Lipinski definition) is 4. The molecule has 0 bridgehead atoms. The van der Waals surface area contributed by atoms with Crippen LogP contribution in [0.2, 0.25) is 0 Å². The Morgan fingerprint density at radius 1 is 1.33 bits per heavy atom. The van der Waals surface area contributed by atoms with Gasteiger partial charge in [0.05, 0.1) is 24.3 Å². The smallest absolute Gasteiger partial charge is 0.165 e. The number of aryl methyl sites for hydroxylation is 1. The van der Waals surface area contributed by atoms with E-state index in [0.29, 0.717) is 5.75 Å². The van der Waals surface area contributed by atoms with Crippen molar-refractivity contribution in [2.45, 2.75) is 32.9 Å². The third-order valence-electron chi connectivity index (χ3n) is 2.52. The first-order valence-corrected chi connectivity index (χ1v) is 6.11. The number of rotatable bonds is 5. The molecule has 2 aromatic heterocycles. The highest BCUT2D eigenvalue weighted by atomic mass is 16.5. The van der Waals surface area contributed by atoms with Gasteiger partial charge in [-0.1, -0.05) is 6.92 Å². The second-order valence-electron chi connectivity index (χ2n) is 4.25. The molecule has 0 aliphatic rings. The maximum absolute atomic E-state index is 5.74. The van der Waals surface area contributed by atoms with Crippen molar-refractivity contribution in [1.29, 1.82) is 0 Å². The van der Waals surface area contributed by atoms with Crippen LogP contribution in [-0.2, 0) is 6.54 Å². The summed E-state index contributed by atoms with van der Waals surface area (Å²) in [4.78, 5) is 4.24. The fraction of sp³-hybridized carbons (Fsp3) is 0.385. The average molecular weight is 246 g/mol. The van der Waals surface area contributed by atoms with Crippen molar-refractivity contribution >= 4 is 0 Å². The van der Waals surface area contributed by atoms with Crippen LogP contribution in [-0.4, -0.2) is 14.8 Å². The molecule has 2 N–H and O–H groups in total. The van der Waals surface area contributed by atoms with Crippen LogP contribution in [0.15, 0.2) is 30.7 Å². The van der Waals surface area contributed by atoms with Gasteiger partial charge in [0.15, 0.2) is 5.75 Å². The van der Waals surface area contributed by atoms with Crippen molar-refractivity contribution in [2.75, 3.05) is 0 Å². The second kappa shape index (κ2) is 5.64. The minimum Gasteiger partial charge on any atom is -0.452 e. The van der Waals surface area contributed by atoms with Crippen molar-refractivity contribution in [3.63, 3.8) is 0 Å². The normalized spacial score (nSPS) is 12.4. The molecule has 96 valence electrons. The first-order chi connectivity index (χ1) is 8.69. The highest BCUT2D eigenvalue weighted by Crippen LogP contribution is 2.20. The summed E-state index contributed by atoms with van der Waals surface area (Å²) in [6, 6.07) is 3.67. The molecule has 0 aliphatic heterocycles. The van der Waals surface area contributed by atoms with Crippen LogP contribution in [0.3, 0.4) is 0 Å². The molecule has 0 aromatic carbocycles. The van der Waals surface area contributed by atoms with E-state index in [-0.39, 0.29) is 6.04 Å². The predicted molar refractivity (Wildman–Crippen MR) is 69.4 cm³/mol. The van der Waals surface area contributed by atoms with Gasteiger partial charge in [-0.25, -0.2) is 0 Å². The van der Waals surface area contributed by atoms with E-state index in [1.807, 2.05) is 29.9 Å². The Morgan fingerprint density at radius 2 is 2.17 bits per heavy atom. The molecular formula is C13H18N4O. The minimum atomic E-state index is -0.0636. The SMILES string of the molecule is CCCn1cc(Oc2ccc([C@@H](C)N)nc2)cn1. The standard InChI is InChI=1S/C13H18N4O/c1-3-6-17-9-12(8-16-17)18-11-4-5-13(10(2)14)15-7-11/h4-5,7-10H,3,6,14H2,1-2H3/t10-/m1/s1. The second-order valence-corrected chi connectivity index (χ2v) is 4.25. The molecule has 2 heterocycles. The Morgan fingerprint density at radius 3 is 2.78 bits per heavy atom. The van der Waals surface area contributed by atoms with Crippen molar-refractivity contribution in [1.82, 2.24) is 14.8 Å². The lowest BCUT2D eigenvalue weighted by Gasteiger charge is -2.06. The zero-order chi connectivity index (χ0) is 13.0. The number of ether oxygens (including phenoxy) is 1. The number of nitrogens with two attached hydrogens (primary N) is 1. The summed E-state index contributed by atoms with van der Waals surface area (Å²) in [7, 11) is 0. The van der Waals surface area contributed by atoms with Crippen molar-refractivity contribution < 1.29 is 4.74 Å². The summed E-state index contributed by atoms with van der Waals surface area (Å²) in [5, 5.41) is 4.20. The van der Waals surface area contributed by atoms with E-state index >= 15 is 0 Å². The predicted octanol–water partition coefficient (Wildman–Crippen LogP) is 2.50. The largest absolute Gasteiger partial charge is 0.452 e. The van der Waals surface area contributed by atoms with Crippen LogP contribution in [0.1, 0.15) is 32.0 Å². The molecule has 0 radical (unpaired) electrons. The molecule has 0 amide bonds. The van der Waals surface area contributed by atoms with Gasteiger partial charge in [0.1, 0.15) is 5.75 Å². The molecule has 0 fully saturated rings. The molecular weight excluding hydrogens is 228 g/mol. The Bertz CT molecular complexity index is 490. The third kappa shape index (κ3) is 3.07. The van der Waals surface area contributed by atoms with Gasteiger partial charge in [-0.05, 0) is 25.5 Å². The number of nitrogens with zero attached hydrogens (tertiary/aromatic N) is 3. The minimum absolute atomic E-state index is 0.0636. The average Bonchev–Trinajstić information content (AvgIpc) is 2.78. The van der Waals surface area contributed by atoms with Gasteiger partial charge < -0.3 is 10.5 Å². The Balaban J connectivity index is 2.03. The quantitative estimate of drug-likeness (QED) is 0.880. The van der Waals surface area contributed by atoms with Crippen molar-refractivity contribution in [3.8, 4) is 11.5 Å². The lowest BCUT2D eigenvalue weighted by atomic mass is 10.2. The van der Waals surface area contributed by atoms with Gasteiger partial charge in [-0.2, -0.15) is 5.10 Å². The van der Waals surface area contributed by atoms with Crippen molar-refractivity contribution in [3.05, 3.63) is 36.4 Å². The van der Waals surface area contributed by atoms with Crippen LogP contribution < -0.4 is 10.5 Å². The van der Waals surface area contributed by atoms with E-state index in [1.165, 1.54) is 0 Å². The number of pyridine rings is 1. The van der Waals surface area contributed by atoms with Gasteiger partial charge >= 0.3 is 0 Å². The van der Waals surface area contributed by atoms with E-state index in [1.54, 1.807) is 12.4 Å². The fourth-order valence-electron chi connectivity index (χ4n) is 1.61. The van der Waals surface area contributed by atoms with Gasteiger partial charge in [-0.15, -0.1) is 0 Å². The fourth-order valence-corrected chi connectivity index (χ4v) is 1.61. The molecule has 0 aliphatic carbocycles. The molecule has 2 rings (SSSR count). The Kier molecular flexibility index (Phi) is 3.94. The molecule has 2 aromatic rings. The monoisotopic (exact) mass is 246 g/mol. The molecule has 0 saturated heterocycles. The summed E-state index contributed by atoms with van der Waals surface area (Å²) < 4.78 is 7.51. The van der Waals surface area contributed by atoms with E-state index in [4.69, 9.17) is 10.5 Å². The first-order valence-electron chi connectivity index (χ1n) is 6.11. The molecule has 5 heteroatoms. The first kappa shape index (κ1) is 12.6. The Hall–Kier alpha value is -1.88. The summed E-state index contributed by atoms with van der Waals surface area (Å²) in [6.45, 7) is 4.90. The highest BCUT2D eigenvalue weighted by Gasteiger charge is 2.04. The van der Waals surface area contributed by atoms with Crippen LogP contribution >= 0.6 is 0 Å². The maximum atomic E-state index is 5.74. The van der Waals surface area contributed by atoms with E-state index in [0.717, 1.165) is 24.4 Å². The number of aromatic nitrogens is 3. The van der Waals surface area contributed by atoms with Crippen LogP contribution in [0.5, 0.6) is 11.5 Å². The third-order valence-corrected chi connectivity index (χ3v) is 2.52. The molecule has 1 atom stereocenters. The topological polar surface area (TPSA) is 66.0 Å². The lowest BCUT2D eigenvalue weighted by molar-refractivity contribution is 0.477. The summed E-state index contributed by atoms with van der Waals surface area (Å²) in [6.07, 6.45) is 6.31.